The summed E-state index contributed by atoms with van der Waals surface area (Å²) in [6.45, 7) is 5.74. The van der Waals surface area contributed by atoms with Crippen molar-refractivity contribution in [1.82, 2.24) is 0 Å². The quantitative estimate of drug-likeness (QED) is 0.465. The Bertz CT molecular complexity index is 877. The molecule has 0 amide bonds. The molecule has 140 valence electrons. The van der Waals surface area contributed by atoms with E-state index in [0.717, 1.165) is 16.7 Å². The summed E-state index contributed by atoms with van der Waals surface area (Å²) in [4.78, 5) is 24.7. The number of hydrogen-bond donors (Lipinski definition) is 0. The lowest BCUT2D eigenvalue weighted by atomic mass is 9.86. The van der Waals surface area contributed by atoms with Gasteiger partial charge in [-0.2, -0.15) is 0 Å². The van der Waals surface area contributed by atoms with Gasteiger partial charge in [-0.05, 0) is 42.4 Å². The van der Waals surface area contributed by atoms with Crippen molar-refractivity contribution in [2.75, 3.05) is 21.3 Å². The first-order valence-electron chi connectivity index (χ1n) is 8.29. The van der Waals surface area contributed by atoms with E-state index in [4.69, 9.17) is 14.2 Å². The van der Waals surface area contributed by atoms with Gasteiger partial charge in [0, 0.05) is 6.42 Å². The van der Waals surface area contributed by atoms with Gasteiger partial charge >= 0.3 is 11.9 Å². The minimum Gasteiger partial charge on any atom is -0.495 e. The van der Waals surface area contributed by atoms with Gasteiger partial charge in [-0.3, -0.25) is 9.59 Å². The Labute approximate surface area is 159 Å². The third kappa shape index (κ3) is 3.95. The first kappa shape index (κ1) is 20.1. The van der Waals surface area contributed by atoms with Gasteiger partial charge in [0.05, 0.1) is 26.9 Å². The maximum Gasteiger partial charge on any atom is 0.327 e. The third-order valence-electron chi connectivity index (χ3n) is 4.33. The Morgan fingerprint density at radius 2 is 1.78 bits per heavy atom. The summed E-state index contributed by atoms with van der Waals surface area (Å²) in [6.07, 6.45) is 3.35. The summed E-state index contributed by atoms with van der Waals surface area (Å²) in [6, 6.07) is 7.41. The highest BCUT2D eigenvalue weighted by Gasteiger charge is 2.51. The Kier molecular flexibility index (Phi) is 6.25. The topological polar surface area (TPSA) is 61.8 Å². The zero-order chi connectivity index (χ0) is 20.0. The number of methoxy groups -OCH3 is 3. The van der Waals surface area contributed by atoms with E-state index in [2.05, 4.69) is 18.4 Å². The number of esters is 2. The average molecular weight is 366 g/mol. The molecule has 1 aromatic rings. The Morgan fingerprint density at radius 3 is 2.33 bits per heavy atom. The lowest BCUT2D eigenvalue weighted by Gasteiger charge is -2.20. The summed E-state index contributed by atoms with van der Waals surface area (Å²) in [5, 5.41) is 0. The molecule has 0 saturated heterocycles. The van der Waals surface area contributed by atoms with Crippen LogP contribution in [0.5, 0.6) is 5.75 Å². The molecule has 1 aromatic carbocycles. The van der Waals surface area contributed by atoms with Crippen LogP contribution in [-0.4, -0.2) is 33.3 Å². The van der Waals surface area contributed by atoms with Crippen molar-refractivity contribution < 1.29 is 23.8 Å². The van der Waals surface area contributed by atoms with Gasteiger partial charge in [0.15, 0.2) is 5.41 Å². The normalized spacial score (nSPS) is 16.0. The smallest absolute Gasteiger partial charge is 0.327 e. The highest BCUT2D eigenvalue weighted by Crippen LogP contribution is 2.44. The second kappa shape index (κ2) is 8.41. The van der Waals surface area contributed by atoms with Crippen LogP contribution in [0.25, 0.3) is 0 Å². The van der Waals surface area contributed by atoms with Crippen molar-refractivity contribution in [1.29, 1.82) is 0 Å². The van der Waals surface area contributed by atoms with Gasteiger partial charge in [-0.1, -0.05) is 36.1 Å². The summed E-state index contributed by atoms with van der Waals surface area (Å²) in [7, 11) is 4.06. The molecule has 0 aromatic heterocycles. The minimum atomic E-state index is -1.52. The van der Waals surface area contributed by atoms with E-state index in [-0.39, 0.29) is 6.42 Å². The molecule has 0 N–H and O–H groups in total. The lowest BCUT2D eigenvalue weighted by molar-refractivity contribution is -0.164. The molecular weight excluding hydrogens is 344 g/mol. The fourth-order valence-electron chi connectivity index (χ4n) is 2.97. The van der Waals surface area contributed by atoms with Crippen LogP contribution in [0.4, 0.5) is 0 Å². The molecule has 0 unspecified atom stereocenters. The molecule has 1 aliphatic rings. The molecule has 5 heteroatoms. The van der Waals surface area contributed by atoms with Crippen molar-refractivity contribution in [2.45, 2.75) is 13.3 Å². The number of carbonyl (C=O) groups excluding carboxylic acids is 2. The number of para-hydroxylation sites is 1. The van der Waals surface area contributed by atoms with Crippen molar-refractivity contribution >= 4 is 11.9 Å². The Morgan fingerprint density at radius 1 is 1.15 bits per heavy atom. The molecule has 0 saturated carbocycles. The van der Waals surface area contributed by atoms with Crippen molar-refractivity contribution in [3.8, 4) is 17.6 Å². The number of hydrogen-bond acceptors (Lipinski definition) is 5. The lowest BCUT2D eigenvalue weighted by Crippen LogP contribution is -2.38. The fourth-order valence-corrected chi connectivity index (χ4v) is 2.97. The maximum atomic E-state index is 12.4. The molecule has 0 fully saturated rings. The molecule has 27 heavy (non-hydrogen) atoms. The van der Waals surface area contributed by atoms with Crippen LogP contribution >= 0.6 is 0 Å². The second-order valence-corrected chi connectivity index (χ2v) is 6.11. The van der Waals surface area contributed by atoms with Crippen molar-refractivity contribution in [3.05, 3.63) is 65.3 Å². The number of benzene rings is 1. The van der Waals surface area contributed by atoms with Crippen molar-refractivity contribution in [3.63, 3.8) is 0 Å². The zero-order valence-corrected chi connectivity index (χ0v) is 15.9. The highest BCUT2D eigenvalue weighted by atomic mass is 16.5. The molecule has 2 rings (SSSR count). The summed E-state index contributed by atoms with van der Waals surface area (Å²) in [5.41, 5.74) is 1.36. The van der Waals surface area contributed by atoms with Gasteiger partial charge in [0.25, 0.3) is 0 Å². The van der Waals surface area contributed by atoms with Gasteiger partial charge in [0.1, 0.15) is 5.75 Å². The molecule has 0 atom stereocenters. The SMILES string of the molecule is C=C(C)C1=CC(C(=O)OC)(C(=O)OC)C/C1=C/C#Cc1ccccc1OC. The molecule has 5 nitrogen and oxygen atoms in total. The molecule has 0 bridgehead atoms. The molecule has 0 radical (unpaired) electrons. The summed E-state index contributed by atoms with van der Waals surface area (Å²) >= 11 is 0. The number of carbonyl (C=O) groups is 2. The van der Waals surface area contributed by atoms with Crippen LogP contribution in [0.15, 0.2) is 59.7 Å². The monoisotopic (exact) mass is 366 g/mol. The Balaban J connectivity index is 2.46. The van der Waals surface area contributed by atoms with E-state index in [9.17, 15) is 9.59 Å². The van der Waals surface area contributed by atoms with E-state index in [1.54, 1.807) is 26.2 Å². The van der Waals surface area contributed by atoms with Crippen LogP contribution in [-0.2, 0) is 19.1 Å². The van der Waals surface area contributed by atoms with Crippen LogP contribution in [0.3, 0.4) is 0 Å². The minimum absolute atomic E-state index is 0.106. The van der Waals surface area contributed by atoms with Crippen molar-refractivity contribution in [2.24, 2.45) is 5.41 Å². The standard InChI is InChI=1S/C22H22O5/c1-15(2)18-14-22(20(23)26-4,21(24)27-5)13-17(18)11-8-10-16-9-6-7-12-19(16)25-3/h6-7,9,11-12,14H,1,13H2,2-5H3/b17-11-. The van der Waals surface area contributed by atoms with E-state index >= 15 is 0 Å². The third-order valence-corrected chi connectivity index (χ3v) is 4.33. The van der Waals surface area contributed by atoms with Crippen LogP contribution in [0.1, 0.15) is 18.9 Å². The Hall–Kier alpha value is -3.26. The van der Waals surface area contributed by atoms with Gasteiger partial charge in [0.2, 0.25) is 0 Å². The predicted octanol–water partition coefficient (Wildman–Crippen LogP) is 3.21. The van der Waals surface area contributed by atoms with Crippen LogP contribution in [0, 0.1) is 17.3 Å². The zero-order valence-electron chi connectivity index (χ0n) is 15.9. The first-order valence-corrected chi connectivity index (χ1v) is 8.29. The van der Waals surface area contributed by atoms with Crippen LogP contribution < -0.4 is 4.74 Å². The van der Waals surface area contributed by atoms with E-state index in [1.165, 1.54) is 14.2 Å². The largest absolute Gasteiger partial charge is 0.495 e. The fraction of sp³-hybridized carbons (Fsp3) is 0.273. The molecule has 0 heterocycles. The van der Waals surface area contributed by atoms with Gasteiger partial charge in [-0.15, -0.1) is 0 Å². The number of ether oxygens (including phenoxy) is 3. The van der Waals surface area contributed by atoms with E-state index < -0.39 is 17.4 Å². The predicted molar refractivity (Wildman–Crippen MR) is 102 cm³/mol. The van der Waals surface area contributed by atoms with Gasteiger partial charge < -0.3 is 14.2 Å². The van der Waals surface area contributed by atoms with E-state index in [1.807, 2.05) is 24.3 Å². The second-order valence-electron chi connectivity index (χ2n) is 6.11. The molecular formula is C22H22O5. The molecule has 1 aliphatic carbocycles. The van der Waals surface area contributed by atoms with Gasteiger partial charge in [-0.25, -0.2) is 0 Å². The van der Waals surface area contributed by atoms with Crippen LogP contribution in [0.2, 0.25) is 0 Å². The molecule has 0 aliphatic heterocycles. The maximum absolute atomic E-state index is 12.4. The molecule has 0 spiro atoms. The number of rotatable bonds is 4. The summed E-state index contributed by atoms with van der Waals surface area (Å²) < 4.78 is 15.0. The first-order chi connectivity index (χ1) is 12.9. The average Bonchev–Trinajstić information content (AvgIpc) is 3.08. The highest BCUT2D eigenvalue weighted by molar-refractivity contribution is 6.04. The van der Waals surface area contributed by atoms with E-state index in [0.29, 0.717) is 11.3 Å². The number of allylic oxidation sites excluding steroid dienone is 4. The summed E-state index contributed by atoms with van der Waals surface area (Å²) in [5.74, 6) is 5.33.